The molecule has 1 amide bonds. The lowest BCUT2D eigenvalue weighted by Gasteiger charge is -2.28. The summed E-state index contributed by atoms with van der Waals surface area (Å²) in [4.78, 5) is 14.8. The van der Waals surface area contributed by atoms with E-state index in [1.165, 1.54) is 24.9 Å². The van der Waals surface area contributed by atoms with Crippen LogP contribution in [-0.2, 0) is 4.79 Å². The van der Waals surface area contributed by atoms with Crippen LogP contribution in [0.4, 0.5) is 11.4 Å². The third kappa shape index (κ3) is 4.53. The van der Waals surface area contributed by atoms with Gasteiger partial charge < -0.3 is 10.2 Å². The van der Waals surface area contributed by atoms with Crippen molar-refractivity contribution in [2.75, 3.05) is 23.3 Å². The number of para-hydroxylation sites is 1. The molecule has 5 heteroatoms. The number of carbonyl (C=O) groups is 1. The quantitative estimate of drug-likeness (QED) is 0.571. The molecule has 0 saturated carbocycles. The molecule has 1 aliphatic heterocycles. The van der Waals surface area contributed by atoms with Crippen LogP contribution in [0.25, 0.3) is 6.08 Å². The Morgan fingerprint density at radius 2 is 1.77 bits per heavy atom. The molecule has 0 atom stereocenters. The Morgan fingerprint density at radius 1 is 1.08 bits per heavy atom. The molecule has 1 fully saturated rings. The number of hydrogen-bond donors (Lipinski definition) is 1. The fourth-order valence-corrected chi connectivity index (χ4v) is 3.38. The van der Waals surface area contributed by atoms with Gasteiger partial charge in [0.15, 0.2) is 0 Å². The summed E-state index contributed by atoms with van der Waals surface area (Å²) >= 11 is 3.39. The first-order valence-corrected chi connectivity index (χ1v) is 9.49. The van der Waals surface area contributed by atoms with E-state index in [9.17, 15) is 10.1 Å². The molecular weight excluding hydrogens is 390 g/mol. The molecule has 0 aliphatic carbocycles. The molecule has 1 N–H and O–H groups in total. The molecule has 26 heavy (non-hydrogen) atoms. The summed E-state index contributed by atoms with van der Waals surface area (Å²) in [6, 6.07) is 17.3. The number of rotatable bonds is 4. The molecule has 0 radical (unpaired) electrons. The van der Waals surface area contributed by atoms with E-state index in [0.717, 1.165) is 23.1 Å². The standard InChI is InChI=1S/C21H20BrN3O/c22-19-6-2-3-7-20(19)24-21(26)17(15-23)14-16-8-10-18(11-9-16)25-12-4-1-5-13-25/h2-3,6-11,14H,1,4-5,12-13H2,(H,24,26)/b17-14-. The highest BCUT2D eigenvalue weighted by Gasteiger charge is 2.12. The van der Waals surface area contributed by atoms with Crippen molar-refractivity contribution in [3.05, 3.63) is 64.1 Å². The summed E-state index contributed by atoms with van der Waals surface area (Å²) in [6.45, 7) is 2.18. The van der Waals surface area contributed by atoms with E-state index in [0.29, 0.717) is 5.69 Å². The lowest BCUT2D eigenvalue weighted by Crippen LogP contribution is -2.29. The average Bonchev–Trinajstić information content (AvgIpc) is 2.69. The number of piperidine rings is 1. The largest absolute Gasteiger partial charge is 0.372 e. The first-order chi connectivity index (χ1) is 12.7. The minimum absolute atomic E-state index is 0.0754. The highest BCUT2D eigenvalue weighted by atomic mass is 79.9. The zero-order chi connectivity index (χ0) is 18.4. The molecule has 0 unspecified atom stereocenters. The number of hydrogen-bond acceptors (Lipinski definition) is 3. The fourth-order valence-electron chi connectivity index (χ4n) is 3.00. The molecular formula is C21H20BrN3O. The number of anilines is 2. The Labute approximate surface area is 162 Å². The van der Waals surface area contributed by atoms with Crippen LogP contribution in [0.3, 0.4) is 0 Å². The van der Waals surface area contributed by atoms with E-state index in [-0.39, 0.29) is 5.57 Å². The van der Waals surface area contributed by atoms with Gasteiger partial charge in [-0.15, -0.1) is 0 Å². The second kappa shape index (κ2) is 8.68. The van der Waals surface area contributed by atoms with E-state index in [2.05, 4.69) is 38.3 Å². The topological polar surface area (TPSA) is 56.1 Å². The van der Waals surface area contributed by atoms with Crippen molar-refractivity contribution in [1.29, 1.82) is 5.26 Å². The number of benzene rings is 2. The zero-order valence-electron chi connectivity index (χ0n) is 14.4. The van der Waals surface area contributed by atoms with Crippen molar-refractivity contribution in [2.45, 2.75) is 19.3 Å². The molecule has 2 aromatic carbocycles. The van der Waals surface area contributed by atoms with Gasteiger partial charge in [0, 0.05) is 23.2 Å². The number of nitriles is 1. The third-order valence-electron chi connectivity index (χ3n) is 4.41. The van der Waals surface area contributed by atoms with Gasteiger partial charge in [-0.1, -0.05) is 24.3 Å². The third-order valence-corrected chi connectivity index (χ3v) is 5.10. The highest BCUT2D eigenvalue weighted by Crippen LogP contribution is 2.23. The Kier molecular flexibility index (Phi) is 6.08. The second-order valence-corrected chi connectivity index (χ2v) is 7.10. The molecule has 0 spiro atoms. The monoisotopic (exact) mass is 409 g/mol. The predicted octanol–water partition coefficient (Wildman–Crippen LogP) is 4.99. The highest BCUT2D eigenvalue weighted by molar-refractivity contribution is 9.10. The Morgan fingerprint density at radius 3 is 2.42 bits per heavy atom. The van der Waals surface area contributed by atoms with E-state index >= 15 is 0 Å². The minimum atomic E-state index is -0.417. The summed E-state index contributed by atoms with van der Waals surface area (Å²) < 4.78 is 0.775. The van der Waals surface area contributed by atoms with Gasteiger partial charge in [-0.25, -0.2) is 0 Å². The van der Waals surface area contributed by atoms with Crippen molar-refractivity contribution in [3.63, 3.8) is 0 Å². The zero-order valence-corrected chi connectivity index (χ0v) is 16.0. The van der Waals surface area contributed by atoms with Crippen molar-refractivity contribution in [2.24, 2.45) is 0 Å². The minimum Gasteiger partial charge on any atom is -0.372 e. The smallest absolute Gasteiger partial charge is 0.266 e. The number of carbonyl (C=O) groups excluding carboxylic acids is 1. The van der Waals surface area contributed by atoms with Crippen LogP contribution < -0.4 is 10.2 Å². The molecule has 0 aromatic heterocycles. The van der Waals surface area contributed by atoms with Gasteiger partial charge in [0.05, 0.1) is 5.69 Å². The van der Waals surface area contributed by atoms with Gasteiger partial charge in [0.2, 0.25) is 0 Å². The Hall–Kier alpha value is -2.58. The maximum atomic E-state index is 12.4. The van der Waals surface area contributed by atoms with Gasteiger partial charge in [-0.3, -0.25) is 4.79 Å². The van der Waals surface area contributed by atoms with Gasteiger partial charge >= 0.3 is 0 Å². The van der Waals surface area contributed by atoms with Crippen LogP contribution in [0.1, 0.15) is 24.8 Å². The maximum absolute atomic E-state index is 12.4. The second-order valence-electron chi connectivity index (χ2n) is 6.24. The molecule has 1 aliphatic rings. The number of amides is 1. The Bertz CT molecular complexity index is 846. The average molecular weight is 410 g/mol. The summed E-state index contributed by atoms with van der Waals surface area (Å²) in [5.74, 6) is -0.417. The summed E-state index contributed by atoms with van der Waals surface area (Å²) in [5.41, 5.74) is 2.74. The number of nitrogens with zero attached hydrogens (tertiary/aromatic N) is 2. The predicted molar refractivity (Wildman–Crippen MR) is 109 cm³/mol. The van der Waals surface area contributed by atoms with Gasteiger partial charge in [-0.05, 0) is 71.1 Å². The van der Waals surface area contributed by atoms with Crippen molar-refractivity contribution in [3.8, 4) is 6.07 Å². The number of halogens is 1. The lowest BCUT2D eigenvalue weighted by molar-refractivity contribution is -0.112. The van der Waals surface area contributed by atoms with Crippen molar-refractivity contribution in [1.82, 2.24) is 0 Å². The summed E-state index contributed by atoms with van der Waals surface area (Å²) in [7, 11) is 0. The first-order valence-electron chi connectivity index (χ1n) is 8.70. The maximum Gasteiger partial charge on any atom is 0.266 e. The van der Waals surface area contributed by atoms with Crippen LogP contribution in [0.15, 0.2) is 58.6 Å². The molecule has 0 bridgehead atoms. The van der Waals surface area contributed by atoms with E-state index in [1.807, 2.05) is 36.4 Å². The fraction of sp³-hybridized carbons (Fsp3) is 0.238. The van der Waals surface area contributed by atoms with Crippen LogP contribution in [0.2, 0.25) is 0 Å². The molecule has 1 saturated heterocycles. The van der Waals surface area contributed by atoms with Crippen LogP contribution in [0.5, 0.6) is 0 Å². The number of nitrogens with one attached hydrogen (secondary N) is 1. The molecule has 4 nitrogen and oxygen atoms in total. The van der Waals surface area contributed by atoms with Crippen LogP contribution >= 0.6 is 15.9 Å². The summed E-state index contributed by atoms with van der Waals surface area (Å²) in [6.07, 6.45) is 5.38. The normalized spacial score (nSPS) is 14.6. The molecule has 1 heterocycles. The Balaban J connectivity index is 1.73. The van der Waals surface area contributed by atoms with Gasteiger partial charge in [0.1, 0.15) is 11.6 Å². The molecule has 2 aromatic rings. The van der Waals surface area contributed by atoms with Crippen LogP contribution in [-0.4, -0.2) is 19.0 Å². The lowest BCUT2D eigenvalue weighted by atomic mass is 10.1. The van der Waals surface area contributed by atoms with E-state index < -0.39 is 5.91 Å². The van der Waals surface area contributed by atoms with Crippen molar-refractivity contribution < 1.29 is 4.79 Å². The first kappa shape index (κ1) is 18.2. The van der Waals surface area contributed by atoms with E-state index in [4.69, 9.17) is 0 Å². The summed E-state index contributed by atoms with van der Waals surface area (Å²) in [5, 5.41) is 12.1. The molecule has 132 valence electrons. The van der Waals surface area contributed by atoms with Gasteiger partial charge in [-0.2, -0.15) is 5.26 Å². The van der Waals surface area contributed by atoms with Gasteiger partial charge in [0.25, 0.3) is 5.91 Å². The van der Waals surface area contributed by atoms with E-state index in [1.54, 1.807) is 12.1 Å². The van der Waals surface area contributed by atoms with Crippen molar-refractivity contribution >= 4 is 39.3 Å². The molecule has 3 rings (SSSR count). The van der Waals surface area contributed by atoms with Crippen LogP contribution in [0, 0.1) is 11.3 Å². The SMILES string of the molecule is N#C/C(=C/c1ccc(N2CCCCC2)cc1)C(=O)Nc1ccccc1Br.